The third kappa shape index (κ3) is 3.07. The molecule has 114 valence electrons. The van der Waals surface area contributed by atoms with Gasteiger partial charge in [0.25, 0.3) is 0 Å². The predicted molar refractivity (Wildman–Crippen MR) is 82.5 cm³/mol. The van der Waals surface area contributed by atoms with Gasteiger partial charge < -0.3 is 5.32 Å². The minimum absolute atomic E-state index is 0.264. The fraction of sp³-hybridized carbons (Fsp3) is 0.250. The van der Waals surface area contributed by atoms with Gasteiger partial charge in [-0.05, 0) is 25.1 Å². The van der Waals surface area contributed by atoms with Crippen LogP contribution in [0.1, 0.15) is 17.0 Å². The standard InChI is InChI=1S/C16H18FN5/c1-11-12(10-22(2)21-11)8-18-9-13-7-16(20-19-13)14-5-3-4-6-15(14)17/h3-7,10,18H,8-9H2,1-2H3,(H,19,20). The highest BCUT2D eigenvalue weighted by Gasteiger charge is 2.08. The summed E-state index contributed by atoms with van der Waals surface area (Å²) in [4.78, 5) is 0. The molecular formula is C16H18FN5. The zero-order valence-corrected chi connectivity index (χ0v) is 12.6. The highest BCUT2D eigenvalue weighted by Crippen LogP contribution is 2.20. The molecular weight excluding hydrogens is 281 g/mol. The van der Waals surface area contributed by atoms with Gasteiger partial charge in [0.2, 0.25) is 0 Å². The Morgan fingerprint density at radius 3 is 2.82 bits per heavy atom. The van der Waals surface area contributed by atoms with Crippen LogP contribution in [0, 0.1) is 12.7 Å². The number of aryl methyl sites for hydroxylation is 2. The summed E-state index contributed by atoms with van der Waals surface area (Å²) in [5, 5.41) is 14.7. The van der Waals surface area contributed by atoms with Gasteiger partial charge in [0.15, 0.2) is 0 Å². The van der Waals surface area contributed by atoms with Crippen LogP contribution in [0.4, 0.5) is 4.39 Å². The molecule has 22 heavy (non-hydrogen) atoms. The summed E-state index contributed by atoms with van der Waals surface area (Å²) in [6, 6.07) is 8.50. The molecule has 3 aromatic rings. The van der Waals surface area contributed by atoms with Gasteiger partial charge in [0, 0.05) is 43.2 Å². The molecule has 0 aliphatic carbocycles. The lowest BCUT2D eigenvalue weighted by atomic mass is 10.1. The Bertz CT molecular complexity index is 774. The molecule has 2 N–H and O–H groups in total. The van der Waals surface area contributed by atoms with Crippen molar-refractivity contribution in [3.8, 4) is 11.3 Å². The lowest BCUT2D eigenvalue weighted by molar-refractivity contribution is 0.630. The second-order valence-corrected chi connectivity index (χ2v) is 5.28. The van der Waals surface area contributed by atoms with Crippen molar-refractivity contribution in [2.24, 2.45) is 7.05 Å². The fourth-order valence-corrected chi connectivity index (χ4v) is 2.41. The quantitative estimate of drug-likeness (QED) is 0.761. The molecule has 0 saturated heterocycles. The first kappa shape index (κ1) is 14.5. The van der Waals surface area contributed by atoms with E-state index in [4.69, 9.17) is 0 Å². The summed E-state index contributed by atoms with van der Waals surface area (Å²) in [7, 11) is 1.91. The van der Waals surface area contributed by atoms with Crippen LogP contribution in [0.2, 0.25) is 0 Å². The van der Waals surface area contributed by atoms with E-state index in [-0.39, 0.29) is 5.82 Å². The third-order valence-corrected chi connectivity index (χ3v) is 3.53. The van der Waals surface area contributed by atoms with E-state index in [0.717, 1.165) is 23.5 Å². The number of hydrogen-bond acceptors (Lipinski definition) is 3. The van der Waals surface area contributed by atoms with Crippen LogP contribution in [-0.4, -0.2) is 20.0 Å². The number of rotatable bonds is 5. The van der Waals surface area contributed by atoms with Gasteiger partial charge in [-0.15, -0.1) is 0 Å². The summed E-state index contributed by atoms with van der Waals surface area (Å²) in [5.41, 5.74) is 4.23. The van der Waals surface area contributed by atoms with E-state index in [1.54, 1.807) is 22.9 Å². The number of aromatic nitrogens is 4. The SMILES string of the molecule is Cc1nn(C)cc1CNCc1cc(-c2ccccc2F)n[nH]1. The number of aromatic amines is 1. The molecule has 0 atom stereocenters. The molecule has 0 radical (unpaired) electrons. The lowest BCUT2D eigenvalue weighted by Gasteiger charge is -2.01. The second kappa shape index (κ2) is 6.11. The van der Waals surface area contributed by atoms with Crippen molar-refractivity contribution in [1.29, 1.82) is 0 Å². The molecule has 2 aromatic heterocycles. The highest BCUT2D eigenvalue weighted by molar-refractivity contribution is 5.59. The fourth-order valence-electron chi connectivity index (χ4n) is 2.41. The van der Waals surface area contributed by atoms with E-state index in [1.807, 2.05) is 26.2 Å². The molecule has 0 saturated carbocycles. The van der Waals surface area contributed by atoms with Crippen LogP contribution in [0.5, 0.6) is 0 Å². The summed E-state index contributed by atoms with van der Waals surface area (Å²) in [6.07, 6.45) is 2.00. The average molecular weight is 299 g/mol. The maximum atomic E-state index is 13.7. The first-order valence-corrected chi connectivity index (χ1v) is 7.12. The molecule has 0 bridgehead atoms. The molecule has 0 spiro atoms. The molecule has 1 aromatic carbocycles. The van der Waals surface area contributed by atoms with Gasteiger partial charge in [0.05, 0.1) is 11.4 Å². The normalized spacial score (nSPS) is 11.0. The van der Waals surface area contributed by atoms with Crippen molar-refractivity contribution in [2.45, 2.75) is 20.0 Å². The Morgan fingerprint density at radius 2 is 2.09 bits per heavy atom. The molecule has 5 nitrogen and oxygen atoms in total. The van der Waals surface area contributed by atoms with E-state index in [0.29, 0.717) is 17.8 Å². The van der Waals surface area contributed by atoms with Crippen molar-refractivity contribution in [3.63, 3.8) is 0 Å². The number of nitrogens with zero attached hydrogens (tertiary/aromatic N) is 3. The Kier molecular flexibility index (Phi) is 4.02. The molecule has 3 rings (SSSR count). The summed E-state index contributed by atoms with van der Waals surface area (Å²) < 4.78 is 15.5. The Hall–Kier alpha value is -2.47. The third-order valence-electron chi connectivity index (χ3n) is 3.53. The number of nitrogens with one attached hydrogen (secondary N) is 2. The van der Waals surface area contributed by atoms with Gasteiger partial charge in [0.1, 0.15) is 5.82 Å². The van der Waals surface area contributed by atoms with Crippen LogP contribution < -0.4 is 5.32 Å². The second-order valence-electron chi connectivity index (χ2n) is 5.28. The first-order valence-electron chi connectivity index (χ1n) is 7.12. The number of hydrogen-bond donors (Lipinski definition) is 2. The van der Waals surface area contributed by atoms with Gasteiger partial charge >= 0.3 is 0 Å². The molecule has 0 aliphatic heterocycles. The number of benzene rings is 1. The van der Waals surface area contributed by atoms with Gasteiger partial charge in [-0.25, -0.2) is 4.39 Å². The van der Waals surface area contributed by atoms with E-state index < -0.39 is 0 Å². The zero-order valence-electron chi connectivity index (χ0n) is 12.6. The Morgan fingerprint density at radius 1 is 1.27 bits per heavy atom. The molecule has 0 aliphatic rings. The molecule has 6 heteroatoms. The van der Waals surface area contributed by atoms with Crippen LogP contribution in [0.15, 0.2) is 36.5 Å². The van der Waals surface area contributed by atoms with Crippen LogP contribution in [-0.2, 0) is 20.1 Å². The number of H-pyrrole nitrogens is 1. The summed E-state index contributed by atoms with van der Waals surface area (Å²) in [6.45, 7) is 3.35. The topological polar surface area (TPSA) is 58.5 Å². The van der Waals surface area contributed by atoms with Crippen molar-refractivity contribution >= 4 is 0 Å². The Balaban J connectivity index is 1.63. The van der Waals surface area contributed by atoms with Gasteiger partial charge in [-0.1, -0.05) is 12.1 Å². The minimum Gasteiger partial charge on any atom is -0.307 e. The molecule has 0 unspecified atom stereocenters. The van der Waals surface area contributed by atoms with Crippen molar-refractivity contribution < 1.29 is 4.39 Å². The van der Waals surface area contributed by atoms with Gasteiger partial charge in [-0.2, -0.15) is 10.2 Å². The van der Waals surface area contributed by atoms with Crippen LogP contribution in [0.3, 0.4) is 0 Å². The van der Waals surface area contributed by atoms with E-state index in [2.05, 4.69) is 20.6 Å². The monoisotopic (exact) mass is 299 g/mol. The zero-order chi connectivity index (χ0) is 15.5. The van der Waals surface area contributed by atoms with Gasteiger partial charge in [-0.3, -0.25) is 9.78 Å². The largest absolute Gasteiger partial charge is 0.307 e. The summed E-state index contributed by atoms with van der Waals surface area (Å²) >= 11 is 0. The van der Waals surface area contributed by atoms with E-state index in [1.165, 1.54) is 6.07 Å². The van der Waals surface area contributed by atoms with Crippen LogP contribution >= 0.6 is 0 Å². The Labute approximate surface area is 128 Å². The van der Waals surface area contributed by atoms with Crippen molar-refractivity contribution in [3.05, 3.63) is 59.3 Å². The van der Waals surface area contributed by atoms with Crippen LogP contribution in [0.25, 0.3) is 11.3 Å². The maximum Gasteiger partial charge on any atom is 0.132 e. The minimum atomic E-state index is -0.264. The maximum absolute atomic E-state index is 13.7. The smallest absolute Gasteiger partial charge is 0.132 e. The van der Waals surface area contributed by atoms with E-state index in [9.17, 15) is 4.39 Å². The number of halogens is 1. The van der Waals surface area contributed by atoms with E-state index >= 15 is 0 Å². The van der Waals surface area contributed by atoms with Crippen molar-refractivity contribution in [1.82, 2.24) is 25.3 Å². The first-order chi connectivity index (χ1) is 10.6. The summed E-state index contributed by atoms with van der Waals surface area (Å²) in [5.74, 6) is -0.264. The predicted octanol–water partition coefficient (Wildman–Crippen LogP) is 2.55. The lowest BCUT2D eigenvalue weighted by Crippen LogP contribution is -2.13. The molecule has 0 amide bonds. The molecule has 2 heterocycles. The average Bonchev–Trinajstić information content (AvgIpc) is 3.07. The molecule has 0 fully saturated rings. The highest BCUT2D eigenvalue weighted by atomic mass is 19.1. The van der Waals surface area contributed by atoms with Crippen molar-refractivity contribution in [2.75, 3.05) is 0 Å².